The lowest BCUT2D eigenvalue weighted by Crippen LogP contribution is -2.42. The molecule has 0 bridgehead atoms. The van der Waals surface area contributed by atoms with Crippen molar-refractivity contribution in [1.29, 1.82) is 0 Å². The van der Waals surface area contributed by atoms with Gasteiger partial charge in [0.25, 0.3) is 5.91 Å². The first-order valence-electron chi connectivity index (χ1n) is 8.96. The molecule has 3 rings (SSSR count). The Kier molecular flexibility index (Phi) is 6.75. The fraction of sp³-hybridized carbons (Fsp3) is 0.286. The van der Waals surface area contributed by atoms with Crippen LogP contribution in [0.25, 0.3) is 0 Å². The third kappa shape index (κ3) is 5.40. The Morgan fingerprint density at radius 2 is 1.89 bits per heavy atom. The highest BCUT2D eigenvalue weighted by Crippen LogP contribution is 2.16. The highest BCUT2D eigenvalue weighted by molar-refractivity contribution is 5.90. The minimum absolute atomic E-state index is 0.00769. The van der Waals surface area contributed by atoms with Crippen molar-refractivity contribution in [2.45, 2.75) is 0 Å². The summed E-state index contributed by atoms with van der Waals surface area (Å²) in [6.45, 7) is 2.36. The molecule has 1 aliphatic heterocycles. The summed E-state index contributed by atoms with van der Waals surface area (Å²) in [7, 11) is 1.34. The van der Waals surface area contributed by atoms with E-state index in [4.69, 9.17) is 14.2 Å². The van der Waals surface area contributed by atoms with Gasteiger partial charge in [-0.2, -0.15) is 0 Å². The van der Waals surface area contributed by atoms with E-state index in [-0.39, 0.29) is 12.5 Å². The SMILES string of the molecule is COC(=O)c1cccc(N=Cc2ccc(OCC(=O)N3CCOCC3)cc2)c1. The number of amides is 1. The second-order valence-electron chi connectivity index (χ2n) is 6.15. The molecular weight excluding hydrogens is 360 g/mol. The lowest BCUT2D eigenvalue weighted by Gasteiger charge is -2.26. The summed E-state index contributed by atoms with van der Waals surface area (Å²) in [6.07, 6.45) is 1.69. The van der Waals surface area contributed by atoms with Gasteiger partial charge in [0, 0.05) is 19.3 Å². The van der Waals surface area contributed by atoms with Crippen molar-refractivity contribution >= 4 is 23.8 Å². The molecule has 1 saturated heterocycles. The van der Waals surface area contributed by atoms with Crippen LogP contribution in [0.5, 0.6) is 5.75 Å². The Hall–Kier alpha value is -3.19. The van der Waals surface area contributed by atoms with Crippen LogP contribution in [0, 0.1) is 0 Å². The van der Waals surface area contributed by atoms with Crippen LogP contribution in [0.3, 0.4) is 0 Å². The third-order valence-corrected chi connectivity index (χ3v) is 4.24. The van der Waals surface area contributed by atoms with Gasteiger partial charge in [0.15, 0.2) is 6.61 Å². The molecule has 7 heteroatoms. The molecule has 0 atom stereocenters. The summed E-state index contributed by atoms with van der Waals surface area (Å²) in [4.78, 5) is 29.8. The van der Waals surface area contributed by atoms with E-state index >= 15 is 0 Å². The number of hydrogen-bond donors (Lipinski definition) is 0. The molecule has 0 spiro atoms. The first-order chi connectivity index (χ1) is 13.7. The summed E-state index contributed by atoms with van der Waals surface area (Å²) in [5.41, 5.74) is 1.97. The zero-order chi connectivity index (χ0) is 19.8. The van der Waals surface area contributed by atoms with Gasteiger partial charge in [-0.1, -0.05) is 6.07 Å². The zero-order valence-electron chi connectivity index (χ0n) is 15.7. The highest BCUT2D eigenvalue weighted by atomic mass is 16.5. The summed E-state index contributed by atoms with van der Waals surface area (Å²) in [5.74, 6) is 0.177. The second-order valence-corrected chi connectivity index (χ2v) is 6.15. The van der Waals surface area contributed by atoms with E-state index in [1.54, 1.807) is 47.5 Å². The van der Waals surface area contributed by atoms with Gasteiger partial charge in [0.05, 0.1) is 31.6 Å². The number of ether oxygens (including phenoxy) is 3. The minimum Gasteiger partial charge on any atom is -0.484 e. The van der Waals surface area contributed by atoms with Crippen molar-refractivity contribution < 1.29 is 23.8 Å². The predicted molar refractivity (Wildman–Crippen MR) is 104 cm³/mol. The average molecular weight is 382 g/mol. The normalized spacial score (nSPS) is 14.1. The molecular formula is C21H22N2O5. The molecule has 0 N–H and O–H groups in total. The minimum atomic E-state index is -0.398. The smallest absolute Gasteiger partial charge is 0.337 e. The number of methoxy groups -OCH3 is 1. The van der Waals surface area contributed by atoms with Crippen LogP contribution in [-0.4, -0.2) is 63.0 Å². The summed E-state index contributed by atoms with van der Waals surface area (Å²) >= 11 is 0. The van der Waals surface area contributed by atoms with E-state index in [1.165, 1.54) is 7.11 Å². The van der Waals surface area contributed by atoms with Crippen LogP contribution in [0.2, 0.25) is 0 Å². The topological polar surface area (TPSA) is 77.4 Å². The lowest BCUT2D eigenvalue weighted by molar-refractivity contribution is -0.137. The zero-order valence-corrected chi connectivity index (χ0v) is 15.7. The first kappa shape index (κ1) is 19.6. The van der Waals surface area contributed by atoms with Crippen LogP contribution in [0.15, 0.2) is 53.5 Å². The number of benzene rings is 2. The van der Waals surface area contributed by atoms with Gasteiger partial charge in [-0.05, 0) is 48.0 Å². The van der Waals surface area contributed by atoms with Crippen molar-refractivity contribution in [2.24, 2.45) is 4.99 Å². The van der Waals surface area contributed by atoms with Crippen molar-refractivity contribution in [1.82, 2.24) is 4.90 Å². The second kappa shape index (κ2) is 9.66. The number of esters is 1. The monoisotopic (exact) mass is 382 g/mol. The molecule has 0 saturated carbocycles. The number of carbonyl (C=O) groups excluding carboxylic acids is 2. The number of nitrogens with zero attached hydrogens (tertiary/aromatic N) is 2. The van der Waals surface area contributed by atoms with E-state index in [1.807, 2.05) is 12.1 Å². The first-order valence-corrected chi connectivity index (χ1v) is 8.96. The fourth-order valence-corrected chi connectivity index (χ4v) is 2.68. The third-order valence-electron chi connectivity index (χ3n) is 4.24. The molecule has 0 aliphatic carbocycles. The van der Waals surface area contributed by atoms with E-state index in [0.29, 0.717) is 43.3 Å². The number of morpholine rings is 1. The van der Waals surface area contributed by atoms with Crippen molar-refractivity contribution in [3.8, 4) is 5.75 Å². The van der Waals surface area contributed by atoms with Gasteiger partial charge in [0.1, 0.15) is 5.75 Å². The Bertz CT molecular complexity index is 842. The van der Waals surface area contributed by atoms with Crippen molar-refractivity contribution in [3.05, 3.63) is 59.7 Å². The predicted octanol–water partition coefficient (Wildman–Crippen LogP) is 2.46. The molecule has 1 heterocycles. The number of hydrogen-bond acceptors (Lipinski definition) is 6. The molecule has 0 radical (unpaired) electrons. The maximum atomic E-state index is 12.1. The number of carbonyl (C=O) groups is 2. The van der Waals surface area contributed by atoms with E-state index in [9.17, 15) is 9.59 Å². The molecule has 0 unspecified atom stereocenters. The van der Waals surface area contributed by atoms with Crippen LogP contribution in [0.1, 0.15) is 15.9 Å². The fourth-order valence-electron chi connectivity index (χ4n) is 2.68. The molecule has 0 aromatic heterocycles. The summed E-state index contributed by atoms with van der Waals surface area (Å²) in [5, 5.41) is 0. The van der Waals surface area contributed by atoms with Gasteiger partial charge in [0.2, 0.25) is 0 Å². The molecule has 28 heavy (non-hydrogen) atoms. The quantitative estimate of drug-likeness (QED) is 0.567. The van der Waals surface area contributed by atoms with E-state index in [0.717, 1.165) is 5.56 Å². The maximum absolute atomic E-state index is 12.1. The molecule has 7 nitrogen and oxygen atoms in total. The largest absolute Gasteiger partial charge is 0.484 e. The summed E-state index contributed by atoms with van der Waals surface area (Å²) in [6, 6.07) is 14.2. The van der Waals surface area contributed by atoms with Gasteiger partial charge < -0.3 is 19.1 Å². The van der Waals surface area contributed by atoms with Crippen LogP contribution >= 0.6 is 0 Å². The van der Waals surface area contributed by atoms with Crippen molar-refractivity contribution in [2.75, 3.05) is 40.0 Å². The Labute approximate surface area is 163 Å². The molecule has 146 valence electrons. The Morgan fingerprint density at radius 1 is 1.14 bits per heavy atom. The molecule has 2 aromatic carbocycles. The van der Waals surface area contributed by atoms with Crippen LogP contribution in [-0.2, 0) is 14.3 Å². The van der Waals surface area contributed by atoms with Crippen LogP contribution < -0.4 is 4.74 Å². The standard InChI is InChI=1S/C21H22N2O5/c1-26-21(25)17-3-2-4-18(13-17)22-14-16-5-7-19(8-6-16)28-15-20(24)23-9-11-27-12-10-23/h2-8,13-14H,9-12,15H2,1H3. The molecule has 1 fully saturated rings. The van der Waals surface area contributed by atoms with Gasteiger partial charge in [-0.3, -0.25) is 9.79 Å². The van der Waals surface area contributed by atoms with Gasteiger partial charge in [-0.15, -0.1) is 0 Å². The van der Waals surface area contributed by atoms with E-state index < -0.39 is 5.97 Å². The van der Waals surface area contributed by atoms with Crippen molar-refractivity contribution in [3.63, 3.8) is 0 Å². The Balaban J connectivity index is 1.54. The molecule has 1 aliphatic rings. The number of rotatable bonds is 6. The lowest BCUT2D eigenvalue weighted by atomic mass is 10.2. The maximum Gasteiger partial charge on any atom is 0.337 e. The summed E-state index contributed by atoms with van der Waals surface area (Å²) < 4.78 is 15.5. The Morgan fingerprint density at radius 3 is 2.61 bits per heavy atom. The van der Waals surface area contributed by atoms with Gasteiger partial charge in [-0.25, -0.2) is 4.79 Å². The molecule has 1 amide bonds. The number of aliphatic imine (C=N–C) groups is 1. The molecule has 2 aromatic rings. The highest BCUT2D eigenvalue weighted by Gasteiger charge is 2.17. The van der Waals surface area contributed by atoms with Crippen LogP contribution in [0.4, 0.5) is 5.69 Å². The average Bonchev–Trinajstić information content (AvgIpc) is 2.77. The van der Waals surface area contributed by atoms with E-state index in [2.05, 4.69) is 4.99 Å². The van der Waals surface area contributed by atoms with Gasteiger partial charge >= 0.3 is 5.97 Å².